The predicted octanol–water partition coefficient (Wildman–Crippen LogP) is 2.58. The van der Waals surface area contributed by atoms with Gasteiger partial charge in [-0.05, 0) is 42.3 Å². The minimum Gasteiger partial charge on any atom is -0.454 e. The Bertz CT molecular complexity index is 741. The van der Waals surface area contributed by atoms with Gasteiger partial charge in [-0.3, -0.25) is 4.90 Å². The zero-order valence-electron chi connectivity index (χ0n) is 14.5. The largest absolute Gasteiger partial charge is 0.454 e. The molecule has 0 saturated carbocycles. The number of anilines is 1. The summed E-state index contributed by atoms with van der Waals surface area (Å²) in [6.45, 7) is 6.90. The van der Waals surface area contributed by atoms with Crippen LogP contribution in [0, 0.1) is 6.92 Å². The highest BCUT2D eigenvalue weighted by atomic mass is 16.7. The number of aryl methyl sites for hydroxylation is 1. The summed E-state index contributed by atoms with van der Waals surface area (Å²) in [6, 6.07) is 14.3. The van der Waals surface area contributed by atoms with E-state index >= 15 is 0 Å². The number of fused-ring (bicyclic) bond motifs is 1. The van der Waals surface area contributed by atoms with E-state index in [2.05, 4.69) is 41.0 Å². The molecule has 25 heavy (non-hydrogen) atoms. The average Bonchev–Trinajstić information content (AvgIpc) is 3.10. The number of β-amino-alcohol motifs (C(OH)–C–C–N with tert-alkyl or cyclic N) is 1. The van der Waals surface area contributed by atoms with Crippen molar-refractivity contribution in [3.05, 3.63) is 53.6 Å². The van der Waals surface area contributed by atoms with E-state index in [1.54, 1.807) is 0 Å². The van der Waals surface area contributed by atoms with Crippen LogP contribution < -0.4 is 14.4 Å². The SMILES string of the molecule is Cc1cccc(N2CCN(C[C@@H](O)c3ccc4c(c3)OCO4)CC2)c1. The Balaban J connectivity index is 1.34. The molecule has 1 saturated heterocycles. The van der Waals surface area contributed by atoms with Crippen LogP contribution in [0.3, 0.4) is 0 Å². The molecule has 1 fully saturated rings. The monoisotopic (exact) mass is 340 g/mol. The maximum Gasteiger partial charge on any atom is 0.231 e. The summed E-state index contributed by atoms with van der Waals surface area (Å²) in [5.74, 6) is 1.48. The molecule has 0 unspecified atom stereocenters. The van der Waals surface area contributed by atoms with E-state index < -0.39 is 6.10 Å². The molecule has 132 valence electrons. The first-order chi connectivity index (χ1) is 12.2. The lowest BCUT2D eigenvalue weighted by Gasteiger charge is -2.37. The zero-order chi connectivity index (χ0) is 17.2. The molecule has 0 radical (unpaired) electrons. The van der Waals surface area contributed by atoms with Crippen LogP contribution in [-0.4, -0.2) is 49.5 Å². The van der Waals surface area contributed by atoms with Gasteiger partial charge in [0.2, 0.25) is 6.79 Å². The molecule has 5 heteroatoms. The molecule has 2 aromatic rings. The van der Waals surface area contributed by atoms with E-state index in [4.69, 9.17) is 9.47 Å². The number of ether oxygens (including phenoxy) is 2. The highest BCUT2D eigenvalue weighted by Crippen LogP contribution is 2.34. The minimum atomic E-state index is -0.514. The van der Waals surface area contributed by atoms with Crippen LogP contribution in [0.5, 0.6) is 11.5 Å². The number of rotatable bonds is 4. The van der Waals surface area contributed by atoms with Gasteiger partial charge >= 0.3 is 0 Å². The van der Waals surface area contributed by atoms with Crippen LogP contribution in [0.1, 0.15) is 17.2 Å². The van der Waals surface area contributed by atoms with Crippen LogP contribution in [0.2, 0.25) is 0 Å². The summed E-state index contributed by atoms with van der Waals surface area (Å²) in [5, 5.41) is 10.6. The molecule has 2 aliphatic heterocycles. The molecule has 2 heterocycles. The summed E-state index contributed by atoms with van der Waals surface area (Å²) in [6.07, 6.45) is -0.514. The molecule has 0 spiro atoms. The Labute approximate surface area is 148 Å². The van der Waals surface area contributed by atoms with Crippen molar-refractivity contribution in [1.29, 1.82) is 0 Å². The third-order valence-electron chi connectivity index (χ3n) is 4.95. The standard InChI is InChI=1S/C20H24N2O3/c1-15-3-2-4-17(11-15)22-9-7-21(8-10-22)13-18(23)16-5-6-19-20(12-16)25-14-24-19/h2-6,11-12,18,23H,7-10,13-14H2,1H3/t18-/m1/s1. The van der Waals surface area contributed by atoms with Crippen LogP contribution in [0.15, 0.2) is 42.5 Å². The molecule has 4 rings (SSSR count). The van der Waals surface area contributed by atoms with Crippen molar-refractivity contribution in [3.63, 3.8) is 0 Å². The highest BCUT2D eigenvalue weighted by molar-refractivity contribution is 5.49. The van der Waals surface area contributed by atoms with Crippen LogP contribution in [-0.2, 0) is 0 Å². The third-order valence-corrected chi connectivity index (χ3v) is 4.95. The minimum absolute atomic E-state index is 0.260. The second kappa shape index (κ2) is 6.94. The molecule has 0 aliphatic carbocycles. The van der Waals surface area contributed by atoms with Gasteiger partial charge < -0.3 is 19.5 Å². The normalized spacial score (nSPS) is 18.4. The first-order valence-electron chi connectivity index (χ1n) is 8.80. The first kappa shape index (κ1) is 16.2. The number of benzene rings is 2. The van der Waals surface area contributed by atoms with E-state index in [-0.39, 0.29) is 6.79 Å². The number of hydrogen-bond donors (Lipinski definition) is 1. The Kier molecular flexibility index (Phi) is 4.51. The van der Waals surface area contributed by atoms with E-state index in [0.29, 0.717) is 6.54 Å². The zero-order valence-corrected chi connectivity index (χ0v) is 14.5. The van der Waals surface area contributed by atoms with Gasteiger partial charge in [0.15, 0.2) is 11.5 Å². The maximum atomic E-state index is 10.6. The quantitative estimate of drug-likeness (QED) is 0.927. The molecule has 0 amide bonds. The fourth-order valence-electron chi connectivity index (χ4n) is 3.48. The Morgan fingerprint density at radius 3 is 2.60 bits per heavy atom. The average molecular weight is 340 g/mol. The second-order valence-corrected chi connectivity index (χ2v) is 6.76. The van der Waals surface area contributed by atoms with E-state index in [9.17, 15) is 5.11 Å². The van der Waals surface area contributed by atoms with Crippen molar-refractivity contribution in [3.8, 4) is 11.5 Å². The molecule has 0 bridgehead atoms. The fraction of sp³-hybridized carbons (Fsp3) is 0.400. The number of nitrogens with zero attached hydrogens (tertiary/aromatic N) is 2. The number of aliphatic hydroxyl groups excluding tert-OH is 1. The van der Waals surface area contributed by atoms with E-state index in [1.165, 1.54) is 11.3 Å². The molecule has 5 nitrogen and oxygen atoms in total. The fourth-order valence-corrected chi connectivity index (χ4v) is 3.48. The molecule has 2 aromatic carbocycles. The van der Waals surface area contributed by atoms with Gasteiger partial charge in [-0.1, -0.05) is 18.2 Å². The van der Waals surface area contributed by atoms with Crippen molar-refractivity contribution in [1.82, 2.24) is 4.90 Å². The van der Waals surface area contributed by atoms with Gasteiger partial charge in [-0.15, -0.1) is 0 Å². The summed E-state index contributed by atoms with van der Waals surface area (Å²) < 4.78 is 10.7. The topological polar surface area (TPSA) is 45.2 Å². The van der Waals surface area contributed by atoms with Crippen LogP contribution in [0.25, 0.3) is 0 Å². The van der Waals surface area contributed by atoms with Crippen molar-refractivity contribution in [2.45, 2.75) is 13.0 Å². The lowest BCUT2D eigenvalue weighted by molar-refractivity contribution is 0.109. The lowest BCUT2D eigenvalue weighted by Crippen LogP contribution is -2.47. The summed E-state index contributed by atoms with van der Waals surface area (Å²) in [7, 11) is 0. The number of hydrogen-bond acceptors (Lipinski definition) is 5. The van der Waals surface area contributed by atoms with Gasteiger partial charge in [0, 0.05) is 38.4 Å². The first-order valence-corrected chi connectivity index (χ1v) is 8.80. The highest BCUT2D eigenvalue weighted by Gasteiger charge is 2.22. The van der Waals surface area contributed by atoms with Crippen molar-refractivity contribution >= 4 is 5.69 Å². The van der Waals surface area contributed by atoms with Crippen molar-refractivity contribution in [2.24, 2.45) is 0 Å². The van der Waals surface area contributed by atoms with Crippen molar-refractivity contribution < 1.29 is 14.6 Å². The maximum absolute atomic E-state index is 10.6. The summed E-state index contributed by atoms with van der Waals surface area (Å²) >= 11 is 0. The smallest absolute Gasteiger partial charge is 0.231 e. The Morgan fingerprint density at radius 2 is 1.80 bits per heavy atom. The molecule has 1 N–H and O–H groups in total. The molecule has 1 atom stereocenters. The van der Waals surface area contributed by atoms with E-state index in [0.717, 1.165) is 43.2 Å². The van der Waals surface area contributed by atoms with Gasteiger partial charge in [-0.2, -0.15) is 0 Å². The predicted molar refractivity (Wildman–Crippen MR) is 97.4 cm³/mol. The van der Waals surface area contributed by atoms with Crippen LogP contribution in [0.4, 0.5) is 5.69 Å². The van der Waals surface area contributed by atoms with Crippen LogP contribution >= 0.6 is 0 Å². The second-order valence-electron chi connectivity index (χ2n) is 6.76. The Morgan fingerprint density at radius 1 is 1.00 bits per heavy atom. The molecular formula is C20H24N2O3. The van der Waals surface area contributed by atoms with Gasteiger partial charge in [0.1, 0.15) is 0 Å². The van der Waals surface area contributed by atoms with Gasteiger partial charge in [-0.25, -0.2) is 0 Å². The van der Waals surface area contributed by atoms with E-state index in [1.807, 2.05) is 18.2 Å². The third kappa shape index (κ3) is 3.57. The summed E-state index contributed by atoms with van der Waals surface area (Å²) in [4.78, 5) is 4.73. The lowest BCUT2D eigenvalue weighted by atomic mass is 10.1. The number of piperazine rings is 1. The Hall–Kier alpha value is -2.24. The molecular weight excluding hydrogens is 316 g/mol. The van der Waals surface area contributed by atoms with Gasteiger partial charge in [0.05, 0.1) is 6.10 Å². The van der Waals surface area contributed by atoms with Gasteiger partial charge in [0.25, 0.3) is 0 Å². The molecule has 0 aromatic heterocycles. The molecule has 2 aliphatic rings. The van der Waals surface area contributed by atoms with Crippen molar-refractivity contribution in [2.75, 3.05) is 44.4 Å². The number of aliphatic hydroxyl groups is 1. The summed E-state index contributed by atoms with van der Waals surface area (Å²) in [5.41, 5.74) is 3.46.